The van der Waals surface area contributed by atoms with Gasteiger partial charge >= 0.3 is 0 Å². The number of aliphatic hydroxyl groups is 1. The van der Waals surface area contributed by atoms with Crippen LogP contribution < -0.4 is 5.73 Å². The first-order valence-electron chi connectivity index (χ1n) is 10.3. The van der Waals surface area contributed by atoms with E-state index in [9.17, 15) is 18.7 Å². The molecule has 3 N–H and O–H groups in total. The molecule has 1 heterocycles. The van der Waals surface area contributed by atoms with E-state index in [2.05, 4.69) is 4.99 Å². The number of amides is 1. The lowest BCUT2D eigenvalue weighted by Crippen LogP contribution is -2.57. The number of halogens is 4. The molecule has 0 bridgehead atoms. The zero-order valence-corrected chi connectivity index (χ0v) is 18.9. The molecule has 9 heteroatoms. The van der Waals surface area contributed by atoms with Crippen molar-refractivity contribution in [3.63, 3.8) is 0 Å². The highest BCUT2D eigenvalue weighted by Crippen LogP contribution is 2.43. The first-order chi connectivity index (χ1) is 15.0. The average Bonchev–Trinajstić information content (AvgIpc) is 2.70. The minimum atomic E-state index is -3.16. The summed E-state index contributed by atoms with van der Waals surface area (Å²) in [5.74, 6) is -3.56. The summed E-state index contributed by atoms with van der Waals surface area (Å²) in [4.78, 5) is 18.9. The lowest BCUT2D eigenvalue weighted by atomic mass is 9.84. The normalized spacial score (nSPS) is 27.9. The van der Waals surface area contributed by atoms with Gasteiger partial charge in [-0.1, -0.05) is 53.5 Å². The van der Waals surface area contributed by atoms with E-state index in [0.29, 0.717) is 15.6 Å². The predicted molar refractivity (Wildman–Crippen MR) is 121 cm³/mol. The summed E-state index contributed by atoms with van der Waals surface area (Å²) in [6.45, 7) is 1.77. The number of carbonyl (C=O) groups is 1. The lowest BCUT2D eigenvalue weighted by Gasteiger charge is -2.43. The Bertz CT molecular complexity index is 1090. The molecule has 5 nitrogen and oxygen atoms in total. The molecule has 1 aliphatic carbocycles. The first kappa shape index (κ1) is 23.0. The molecule has 0 saturated heterocycles. The van der Waals surface area contributed by atoms with Gasteiger partial charge in [-0.2, -0.15) is 0 Å². The molecule has 0 spiro atoms. The maximum Gasteiger partial charge on any atom is 0.273 e. The molecule has 32 heavy (non-hydrogen) atoms. The monoisotopic (exact) mass is 481 g/mol. The molecule has 3 atom stereocenters. The molecule has 1 fully saturated rings. The molecule has 0 radical (unpaired) electrons. The van der Waals surface area contributed by atoms with Crippen molar-refractivity contribution < 1.29 is 18.7 Å². The Morgan fingerprint density at radius 3 is 2.59 bits per heavy atom. The van der Waals surface area contributed by atoms with E-state index >= 15 is 0 Å². The Balaban J connectivity index is 1.68. The van der Waals surface area contributed by atoms with E-state index in [4.69, 9.17) is 28.9 Å². The number of aliphatic hydroxyl groups excluding tert-OH is 1. The molecule has 170 valence electrons. The fraction of sp³-hybridized carbons (Fsp3) is 0.391. The number of carbonyl (C=O) groups excluding carboxylic acids is 1. The molecule has 1 saturated carbocycles. The van der Waals surface area contributed by atoms with E-state index in [1.165, 1.54) is 4.90 Å². The van der Waals surface area contributed by atoms with Gasteiger partial charge in [0.25, 0.3) is 5.92 Å². The van der Waals surface area contributed by atoms with Crippen molar-refractivity contribution in [3.8, 4) is 11.1 Å². The largest absolute Gasteiger partial charge is 0.387 e. The smallest absolute Gasteiger partial charge is 0.273 e. The number of aliphatic imine (C=N–C) groups is 1. The Labute approximate surface area is 194 Å². The number of hydrogen-bond donors (Lipinski definition) is 2. The molecular formula is C23H23Cl2F2N3O2. The van der Waals surface area contributed by atoms with E-state index in [1.807, 2.05) is 24.3 Å². The van der Waals surface area contributed by atoms with Gasteiger partial charge in [0, 0.05) is 29.5 Å². The highest BCUT2D eigenvalue weighted by molar-refractivity contribution is 6.34. The molecule has 4 rings (SSSR count). The van der Waals surface area contributed by atoms with Crippen molar-refractivity contribution >= 4 is 35.1 Å². The first-order valence-corrected chi connectivity index (χ1v) is 11.1. The molecule has 2 aromatic carbocycles. The van der Waals surface area contributed by atoms with Crippen molar-refractivity contribution in [2.75, 3.05) is 0 Å². The summed E-state index contributed by atoms with van der Waals surface area (Å²) in [5.41, 5.74) is 7.34. The topological polar surface area (TPSA) is 78.9 Å². The van der Waals surface area contributed by atoms with E-state index in [-0.39, 0.29) is 31.1 Å². The molecule has 0 aromatic heterocycles. The van der Waals surface area contributed by atoms with Crippen LogP contribution in [0.4, 0.5) is 8.78 Å². The van der Waals surface area contributed by atoms with Crippen LogP contribution in [0.1, 0.15) is 38.2 Å². The Morgan fingerprint density at radius 2 is 1.94 bits per heavy atom. The second-order valence-corrected chi connectivity index (χ2v) is 9.38. The van der Waals surface area contributed by atoms with Crippen molar-refractivity contribution in [3.05, 3.63) is 58.1 Å². The molecule has 1 aliphatic heterocycles. The number of nitrogens with two attached hydrogens (primary N) is 1. The van der Waals surface area contributed by atoms with Gasteiger partial charge in [0.05, 0.1) is 17.0 Å². The van der Waals surface area contributed by atoms with E-state index in [0.717, 1.165) is 11.1 Å². The number of benzene rings is 2. The van der Waals surface area contributed by atoms with Gasteiger partial charge in [-0.3, -0.25) is 9.69 Å². The third kappa shape index (κ3) is 4.09. The van der Waals surface area contributed by atoms with Gasteiger partial charge in [0.1, 0.15) is 6.10 Å². The molecule has 1 amide bonds. The number of hydrogen-bond acceptors (Lipinski definition) is 4. The fourth-order valence-electron chi connectivity index (χ4n) is 4.53. The predicted octanol–water partition coefficient (Wildman–Crippen LogP) is 4.97. The number of alkyl halides is 2. The van der Waals surface area contributed by atoms with Crippen LogP contribution >= 0.6 is 23.2 Å². The maximum absolute atomic E-state index is 13.7. The van der Waals surface area contributed by atoms with Crippen LogP contribution in [0.5, 0.6) is 0 Å². The number of nitrogens with zero attached hydrogens (tertiary/aromatic N) is 2. The van der Waals surface area contributed by atoms with Crippen LogP contribution in [0.3, 0.4) is 0 Å². The summed E-state index contributed by atoms with van der Waals surface area (Å²) in [7, 11) is 0. The van der Waals surface area contributed by atoms with Crippen LogP contribution in [-0.4, -0.2) is 39.9 Å². The Hall–Kier alpha value is -2.22. The van der Waals surface area contributed by atoms with Crippen molar-refractivity contribution in [1.82, 2.24) is 4.90 Å². The van der Waals surface area contributed by atoms with Gasteiger partial charge in [0.2, 0.25) is 5.91 Å². The van der Waals surface area contributed by atoms with Gasteiger partial charge in [-0.05, 0) is 36.6 Å². The summed E-state index contributed by atoms with van der Waals surface area (Å²) in [6, 6.07) is 12.1. The second-order valence-electron chi connectivity index (χ2n) is 8.57. The van der Waals surface area contributed by atoms with E-state index in [1.54, 1.807) is 25.1 Å². The lowest BCUT2D eigenvalue weighted by molar-refractivity contribution is -0.151. The second kappa shape index (κ2) is 8.28. The van der Waals surface area contributed by atoms with Gasteiger partial charge in [-0.15, -0.1) is 0 Å². The van der Waals surface area contributed by atoms with Gasteiger partial charge in [-0.25, -0.2) is 13.8 Å². The number of rotatable bonds is 3. The summed E-state index contributed by atoms with van der Waals surface area (Å²) >= 11 is 12.9. The van der Waals surface area contributed by atoms with E-state index < -0.39 is 30.0 Å². The summed E-state index contributed by atoms with van der Waals surface area (Å²) < 4.78 is 27.4. The molecule has 0 unspecified atom stereocenters. The summed E-state index contributed by atoms with van der Waals surface area (Å²) in [6.07, 6.45) is -2.58. The fourth-order valence-corrected chi connectivity index (χ4v) is 5.16. The SMILES string of the molecule is C[C@@]1(c2cccc(-c3cccc(Cl)c3)c2Cl)CC(=O)N([C@@H]2CCC(F)(F)[C@H](O)C2)C(N)=N1. The highest BCUT2D eigenvalue weighted by Gasteiger charge is 2.48. The standard InChI is InChI=1S/C23H23Cl2F2N3O2/c1-22(17-7-3-6-16(20(17)25)13-4-2-5-14(24)10-13)12-19(32)30(21(28)29-22)15-8-9-23(26,27)18(31)11-15/h2-7,10,15,18,31H,8-9,11-12H2,1H3,(H2,28,29)/t15-,18-,22+/m1/s1. The molecule has 2 aromatic rings. The summed E-state index contributed by atoms with van der Waals surface area (Å²) in [5, 5.41) is 10.8. The third-order valence-corrected chi connectivity index (χ3v) is 6.89. The van der Waals surface area contributed by atoms with Crippen LogP contribution in [0, 0.1) is 0 Å². The third-order valence-electron chi connectivity index (χ3n) is 6.25. The van der Waals surface area contributed by atoms with Crippen LogP contribution in [0.2, 0.25) is 10.0 Å². The van der Waals surface area contributed by atoms with Crippen molar-refractivity contribution in [1.29, 1.82) is 0 Å². The van der Waals surface area contributed by atoms with Crippen LogP contribution in [-0.2, 0) is 10.3 Å². The number of guanidine groups is 1. The zero-order chi connectivity index (χ0) is 23.3. The average molecular weight is 482 g/mol. The minimum absolute atomic E-state index is 0.0323. The quantitative estimate of drug-likeness (QED) is 0.649. The molecular weight excluding hydrogens is 459 g/mol. The van der Waals surface area contributed by atoms with Crippen molar-refractivity contribution in [2.45, 2.75) is 56.2 Å². The van der Waals surface area contributed by atoms with Gasteiger partial charge < -0.3 is 10.8 Å². The van der Waals surface area contributed by atoms with Crippen LogP contribution in [0.25, 0.3) is 11.1 Å². The Morgan fingerprint density at radius 1 is 1.22 bits per heavy atom. The Kier molecular flexibility index (Phi) is 5.94. The van der Waals surface area contributed by atoms with Crippen molar-refractivity contribution in [2.24, 2.45) is 10.7 Å². The van der Waals surface area contributed by atoms with Gasteiger partial charge in [0.15, 0.2) is 5.96 Å². The van der Waals surface area contributed by atoms with Crippen LogP contribution in [0.15, 0.2) is 47.5 Å². The maximum atomic E-state index is 13.7. The minimum Gasteiger partial charge on any atom is -0.387 e. The molecule has 2 aliphatic rings. The zero-order valence-electron chi connectivity index (χ0n) is 17.4. The highest BCUT2D eigenvalue weighted by atomic mass is 35.5.